The van der Waals surface area contributed by atoms with Crippen LogP contribution in [0.5, 0.6) is 5.75 Å². The molecule has 1 heterocycles. The van der Waals surface area contributed by atoms with Gasteiger partial charge in [0, 0.05) is 25.3 Å². The fourth-order valence-corrected chi connectivity index (χ4v) is 5.07. The lowest BCUT2D eigenvalue weighted by molar-refractivity contribution is 0.415. The molecule has 160 valence electrons. The minimum atomic E-state index is -3.39. The van der Waals surface area contributed by atoms with Gasteiger partial charge in [-0.25, -0.2) is 8.42 Å². The molecule has 2 aromatic rings. The van der Waals surface area contributed by atoms with Crippen LogP contribution in [0.25, 0.3) is 0 Å². The summed E-state index contributed by atoms with van der Waals surface area (Å²) < 4.78 is 31.7. The molecule has 7 heteroatoms. The Hall–Kier alpha value is -2.72. The first-order chi connectivity index (χ1) is 14.3. The lowest BCUT2D eigenvalue weighted by Crippen LogP contribution is -2.33. The van der Waals surface area contributed by atoms with Crippen LogP contribution >= 0.6 is 0 Å². The Balaban J connectivity index is 2.00. The molecule has 2 unspecified atom stereocenters. The van der Waals surface area contributed by atoms with Crippen molar-refractivity contribution in [3.8, 4) is 11.8 Å². The molecule has 0 aliphatic carbocycles. The number of hydrogen-bond donors (Lipinski definition) is 0. The second-order valence-corrected chi connectivity index (χ2v) is 10.3. The molecule has 2 atom stereocenters. The maximum atomic E-state index is 12.5. The standard InChI is InChI=1S/C23H29N3O3S/c1-6-13-26-22-14-19(29-5)11-12-20(22)21(15-24)23(26)17-7-9-18(10-8-17)25(4)30(27,28)16(2)3/h7-12,14,16,21,23H,6,13H2,1-5H3. The van der Waals surface area contributed by atoms with Crippen LogP contribution in [0.1, 0.15) is 50.3 Å². The Kier molecular flexibility index (Phi) is 6.27. The smallest absolute Gasteiger partial charge is 0.237 e. The second kappa shape index (κ2) is 8.57. The van der Waals surface area contributed by atoms with Gasteiger partial charge >= 0.3 is 0 Å². The van der Waals surface area contributed by atoms with Crippen LogP contribution < -0.4 is 13.9 Å². The molecule has 0 spiro atoms. The topological polar surface area (TPSA) is 73.6 Å². The molecule has 0 bridgehead atoms. The third-order valence-electron chi connectivity index (χ3n) is 5.71. The van der Waals surface area contributed by atoms with Crippen molar-refractivity contribution in [3.63, 3.8) is 0 Å². The number of benzene rings is 2. The van der Waals surface area contributed by atoms with Gasteiger partial charge < -0.3 is 9.64 Å². The monoisotopic (exact) mass is 427 g/mol. The molecule has 6 nitrogen and oxygen atoms in total. The van der Waals surface area contributed by atoms with Crippen molar-refractivity contribution in [1.29, 1.82) is 5.26 Å². The predicted octanol–water partition coefficient (Wildman–Crippen LogP) is 4.45. The number of methoxy groups -OCH3 is 1. The zero-order valence-corrected chi connectivity index (χ0v) is 19.0. The van der Waals surface area contributed by atoms with Crippen LogP contribution in [0.4, 0.5) is 11.4 Å². The van der Waals surface area contributed by atoms with Crippen LogP contribution in [0, 0.1) is 11.3 Å². The van der Waals surface area contributed by atoms with E-state index < -0.39 is 15.3 Å². The van der Waals surface area contributed by atoms with Gasteiger partial charge in [0.2, 0.25) is 10.0 Å². The molecule has 0 amide bonds. The Labute approximate surface area is 179 Å². The molecule has 0 radical (unpaired) electrons. The molecule has 0 saturated heterocycles. The highest BCUT2D eigenvalue weighted by Crippen LogP contribution is 2.50. The zero-order valence-electron chi connectivity index (χ0n) is 18.2. The number of hydrogen-bond acceptors (Lipinski definition) is 5. The summed E-state index contributed by atoms with van der Waals surface area (Å²) >= 11 is 0. The quantitative estimate of drug-likeness (QED) is 0.653. The summed E-state index contributed by atoms with van der Waals surface area (Å²) in [5, 5.41) is 9.48. The lowest BCUT2D eigenvalue weighted by Gasteiger charge is -2.29. The summed E-state index contributed by atoms with van der Waals surface area (Å²) in [6.07, 6.45) is 0.943. The van der Waals surface area contributed by atoms with Crippen molar-refractivity contribution in [2.45, 2.75) is 44.4 Å². The first kappa shape index (κ1) is 22.0. The van der Waals surface area contributed by atoms with Gasteiger partial charge in [-0.2, -0.15) is 5.26 Å². The van der Waals surface area contributed by atoms with Crippen LogP contribution in [0.15, 0.2) is 42.5 Å². The van der Waals surface area contributed by atoms with Gasteiger partial charge in [0.05, 0.1) is 36.1 Å². The van der Waals surface area contributed by atoms with Crippen LogP contribution in [-0.2, 0) is 10.0 Å². The maximum absolute atomic E-state index is 12.5. The van der Waals surface area contributed by atoms with Gasteiger partial charge in [-0.15, -0.1) is 0 Å². The van der Waals surface area contributed by atoms with Gasteiger partial charge in [-0.05, 0) is 49.6 Å². The number of ether oxygens (including phenoxy) is 1. The fraction of sp³-hybridized carbons (Fsp3) is 0.435. The van der Waals surface area contributed by atoms with Crippen LogP contribution in [0.2, 0.25) is 0 Å². The van der Waals surface area contributed by atoms with Crippen molar-refractivity contribution < 1.29 is 13.2 Å². The molecule has 0 fully saturated rings. The van der Waals surface area contributed by atoms with E-state index in [1.807, 2.05) is 42.5 Å². The molecular weight excluding hydrogens is 398 g/mol. The van der Waals surface area contributed by atoms with Crippen molar-refractivity contribution in [2.24, 2.45) is 0 Å². The number of anilines is 2. The van der Waals surface area contributed by atoms with E-state index >= 15 is 0 Å². The summed E-state index contributed by atoms with van der Waals surface area (Å²) in [4.78, 5) is 2.26. The number of nitriles is 1. The largest absolute Gasteiger partial charge is 0.497 e. The minimum absolute atomic E-state index is 0.127. The molecule has 1 aliphatic rings. The number of sulfonamides is 1. The third kappa shape index (κ3) is 3.72. The second-order valence-electron chi connectivity index (χ2n) is 7.82. The van der Waals surface area contributed by atoms with Crippen molar-refractivity contribution >= 4 is 21.4 Å². The summed E-state index contributed by atoms with van der Waals surface area (Å²) in [5.41, 5.74) is 3.63. The Morgan fingerprint density at radius 1 is 1.20 bits per heavy atom. The van der Waals surface area contributed by atoms with E-state index in [2.05, 4.69) is 17.9 Å². The van der Waals surface area contributed by atoms with E-state index in [0.29, 0.717) is 5.69 Å². The van der Waals surface area contributed by atoms with Gasteiger partial charge in [-0.3, -0.25) is 4.31 Å². The van der Waals surface area contributed by atoms with Gasteiger partial charge in [0.1, 0.15) is 5.75 Å². The van der Waals surface area contributed by atoms with E-state index in [4.69, 9.17) is 4.74 Å². The molecular formula is C23H29N3O3S. The van der Waals surface area contributed by atoms with E-state index in [0.717, 1.165) is 35.5 Å². The number of fused-ring (bicyclic) bond motifs is 1. The summed E-state index contributed by atoms with van der Waals surface area (Å²) in [7, 11) is -0.179. The van der Waals surface area contributed by atoms with Crippen molar-refractivity contribution in [3.05, 3.63) is 53.6 Å². The zero-order chi connectivity index (χ0) is 22.1. The van der Waals surface area contributed by atoms with Gasteiger partial charge in [-0.1, -0.05) is 25.1 Å². The molecule has 0 N–H and O–H groups in total. The average Bonchev–Trinajstić information content (AvgIpc) is 3.06. The summed E-state index contributed by atoms with van der Waals surface area (Å²) in [5.74, 6) is 0.462. The van der Waals surface area contributed by atoms with E-state index in [9.17, 15) is 13.7 Å². The molecule has 3 rings (SSSR count). The first-order valence-electron chi connectivity index (χ1n) is 10.2. The normalized spacial score (nSPS) is 18.2. The average molecular weight is 428 g/mol. The Morgan fingerprint density at radius 2 is 1.87 bits per heavy atom. The maximum Gasteiger partial charge on any atom is 0.237 e. The van der Waals surface area contributed by atoms with E-state index in [1.54, 1.807) is 28.0 Å². The highest BCUT2D eigenvalue weighted by atomic mass is 32.2. The predicted molar refractivity (Wildman–Crippen MR) is 121 cm³/mol. The van der Waals surface area contributed by atoms with Gasteiger partial charge in [0.15, 0.2) is 0 Å². The highest BCUT2D eigenvalue weighted by molar-refractivity contribution is 7.93. The highest BCUT2D eigenvalue weighted by Gasteiger charge is 2.39. The SMILES string of the molecule is CCCN1c2cc(OC)ccc2C(C#N)C1c1ccc(N(C)S(=O)(=O)C(C)C)cc1. The third-order valence-corrected chi connectivity index (χ3v) is 7.88. The Bertz CT molecular complexity index is 1040. The number of nitrogens with zero attached hydrogens (tertiary/aromatic N) is 3. The number of rotatable bonds is 7. The molecule has 1 aliphatic heterocycles. The minimum Gasteiger partial charge on any atom is -0.497 e. The lowest BCUT2D eigenvalue weighted by atomic mass is 9.91. The molecule has 2 aromatic carbocycles. The van der Waals surface area contributed by atoms with E-state index in [-0.39, 0.29) is 12.0 Å². The Morgan fingerprint density at radius 3 is 2.40 bits per heavy atom. The molecule has 0 saturated carbocycles. The van der Waals surface area contributed by atoms with Crippen molar-refractivity contribution in [2.75, 3.05) is 29.9 Å². The first-order valence-corrected chi connectivity index (χ1v) is 11.7. The van der Waals surface area contributed by atoms with Gasteiger partial charge in [0.25, 0.3) is 0 Å². The fourth-order valence-electron chi connectivity index (χ4n) is 4.02. The van der Waals surface area contributed by atoms with Crippen LogP contribution in [0.3, 0.4) is 0 Å². The summed E-state index contributed by atoms with van der Waals surface area (Å²) in [6.45, 7) is 6.27. The molecule has 30 heavy (non-hydrogen) atoms. The van der Waals surface area contributed by atoms with E-state index in [1.165, 1.54) is 4.31 Å². The molecule has 0 aromatic heterocycles. The van der Waals surface area contributed by atoms with Crippen molar-refractivity contribution in [1.82, 2.24) is 0 Å². The summed E-state index contributed by atoms with van der Waals surface area (Å²) in [6, 6.07) is 15.7. The van der Waals surface area contributed by atoms with Crippen LogP contribution in [-0.4, -0.2) is 34.4 Å².